The number of anilines is 1. The molecule has 1 unspecified atom stereocenters. The predicted molar refractivity (Wildman–Crippen MR) is 101 cm³/mol. The molecular weight excluding hydrogens is 342 g/mol. The molecule has 0 aromatic carbocycles. The molecule has 4 rings (SSSR count). The third kappa shape index (κ3) is 3.81. The summed E-state index contributed by atoms with van der Waals surface area (Å²) in [5.41, 5.74) is 1.22. The Morgan fingerprint density at radius 3 is 2.81 bits per heavy atom. The molecule has 0 radical (unpaired) electrons. The molecule has 1 N–H and O–H groups in total. The van der Waals surface area contributed by atoms with E-state index in [1.807, 2.05) is 30.6 Å². The summed E-state index contributed by atoms with van der Waals surface area (Å²) in [6.45, 7) is 2.44. The van der Waals surface area contributed by atoms with E-state index in [0.717, 1.165) is 43.3 Å². The third-order valence-electron chi connectivity index (χ3n) is 4.91. The smallest absolute Gasteiger partial charge is 0.337 e. The lowest BCUT2D eigenvalue weighted by Crippen LogP contribution is -2.36. The van der Waals surface area contributed by atoms with Gasteiger partial charge in [-0.3, -0.25) is 4.98 Å². The number of hydrogen-bond acceptors (Lipinski definition) is 5. The summed E-state index contributed by atoms with van der Waals surface area (Å²) in [6, 6.07) is 9.32. The second-order valence-corrected chi connectivity index (χ2v) is 6.73. The number of carboxylic acids is 1. The SMILES string of the molecule is O=C(O)c1ccc(N2CCCC(c3nccn3Cc3ccccn3)C2)nc1. The zero-order valence-corrected chi connectivity index (χ0v) is 14.9. The first-order valence-corrected chi connectivity index (χ1v) is 9.06. The number of aromatic nitrogens is 4. The molecule has 1 fully saturated rings. The molecule has 1 atom stereocenters. The van der Waals surface area contributed by atoms with Crippen molar-refractivity contribution in [2.24, 2.45) is 0 Å². The van der Waals surface area contributed by atoms with E-state index >= 15 is 0 Å². The van der Waals surface area contributed by atoms with E-state index in [1.165, 1.54) is 6.20 Å². The summed E-state index contributed by atoms with van der Waals surface area (Å²) >= 11 is 0. The second-order valence-electron chi connectivity index (χ2n) is 6.73. The Balaban J connectivity index is 1.50. The van der Waals surface area contributed by atoms with Crippen LogP contribution < -0.4 is 4.90 Å². The van der Waals surface area contributed by atoms with Crippen molar-refractivity contribution in [2.45, 2.75) is 25.3 Å². The van der Waals surface area contributed by atoms with Gasteiger partial charge in [-0.15, -0.1) is 0 Å². The van der Waals surface area contributed by atoms with Gasteiger partial charge in [-0.25, -0.2) is 14.8 Å². The number of rotatable bonds is 5. The first-order chi connectivity index (χ1) is 13.2. The minimum absolute atomic E-state index is 0.207. The van der Waals surface area contributed by atoms with Gasteiger partial charge in [0, 0.05) is 43.8 Å². The van der Waals surface area contributed by atoms with E-state index in [0.29, 0.717) is 12.5 Å². The number of carbonyl (C=O) groups is 1. The molecular formula is C20H21N5O2. The highest BCUT2D eigenvalue weighted by Gasteiger charge is 2.25. The lowest BCUT2D eigenvalue weighted by Gasteiger charge is -2.33. The zero-order valence-electron chi connectivity index (χ0n) is 14.9. The highest BCUT2D eigenvalue weighted by molar-refractivity contribution is 5.87. The van der Waals surface area contributed by atoms with Gasteiger partial charge in [-0.05, 0) is 37.1 Å². The maximum absolute atomic E-state index is 11.0. The van der Waals surface area contributed by atoms with Crippen molar-refractivity contribution >= 4 is 11.8 Å². The second kappa shape index (κ2) is 7.57. The molecule has 1 saturated heterocycles. The summed E-state index contributed by atoms with van der Waals surface area (Å²) in [4.78, 5) is 26.6. The Morgan fingerprint density at radius 1 is 1.15 bits per heavy atom. The number of carboxylic acid groups (broad SMARTS) is 1. The van der Waals surface area contributed by atoms with E-state index in [-0.39, 0.29) is 5.56 Å². The Morgan fingerprint density at radius 2 is 2.07 bits per heavy atom. The Kier molecular flexibility index (Phi) is 4.82. The van der Waals surface area contributed by atoms with Gasteiger partial charge in [0.1, 0.15) is 11.6 Å². The van der Waals surface area contributed by atoms with Crippen LogP contribution in [0.5, 0.6) is 0 Å². The van der Waals surface area contributed by atoms with Crippen LogP contribution in [-0.2, 0) is 6.54 Å². The van der Waals surface area contributed by atoms with Crippen LogP contribution in [0.3, 0.4) is 0 Å². The van der Waals surface area contributed by atoms with Crippen molar-refractivity contribution in [3.05, 3.63) is 72.2 Å². The number of nitrogens with zero attached hydrogens (tertiary/aromatic N) is 5. The zero-order chi connectivity index (χ0) is 18.6. The van der Waals surface area contributed by atoms with Crippen LogP contribution in [0.15, 0.2) is 55.1 Å². The molecule has 7 nitrogen and oxygen atoms in total. The molecule has 0 saturated carbocycles. The molecule has 1 aliphatic rings. The summed E-state index contributed by atoms with van der Waals surface area (Å²) in [6.07, 6.45) is 9.19. The van der Waals surface area contributed by atoms with Gasteiger partial charge < -0.3 is 14.6 Å². The Hall–Kier alpha value is -3.22. The molecule has 3 aromatic heterocycles. The number of hydrogen-bond donors (Lipinski definition) is 1. The fourth-order valence-electron chi connectivity index (χ4n) is 3.58. The van der Waals surface area contributed by atoms with E-state index in [2.05, 4.69) is 24.4 Å². The first-order valence-electron chi connectivity index (χ1n) is 9.06. The number of piperidine rings is 1. The molecule has 0 spiro atoms. The largest absolute Gasteiger partial charge is 0.478 e. The first kappa shape index (κ1) is 17.2. The van der Waals surface area contributed by atoms with Crippen LogP contribution in [-0.4, -0.2) is 43.7 Å². The summed E-state index contributed by atoms with van der Waals surface area (Å²) in [7, 11) is 0. The maximum atomic E-state index is 11.0. The third-order valence-corrected chi connectivity index (χ3v) is 4.91. The Bertz CT molecular complexity index is 908. The quantitative estimate of drug-likeness (QED) is 0.750. The van der Waals surface area contributed by atoms with Crippen molar-refractivity contribution < 1.29 is 9.90 Å². The van der Waals surface area contributed by atoms with Crippen molar-refractivity contribution in [1.29, 1.82) is 0 Å². The summed E-state index contributed by atoms with van der Waals surface area (Å²) in [5, 5.41) is 9.04. The molecule has 1 aliphatic heterocycles. The summed E-state index contributed by atoms with van der Waals surface area (Å²) < 4.78 is 2.16. The fraction of sp³-hybridized carbons (Fsp3) is 0.300. The van der Waals surface area contributed by atoms with Gasteiger partial charge in [0.05, 0.1) is 17.8 Å². The van der Waals surface area contributed by atoms with Gasteiger partial charge in [0.15, 0.2) is 0 Å². The lowest BCUT2D eigenvalue weighted by molar-refractivity contribution is 0.0696. The van der Waals surface area contributed by atoms with Gasteiger partial charge in [0.2, 0.25) is 0 Å². The highest BCUT2D eigenvalue weighted by Crippen LogP contribution is 2.28. The average molecular weight is 363 g/mol. The molecule has 0 bridgehead atoms. The molecule has 0 amide bonds. The van der Waals surface area contributed by atoms with Crippen LogP contribution in [0, 0.1) is 0 Å². The van der Waals surface area contributed by atoms with Crippen molar-refractivity contribution in [2.75, 3.05) is 18.0 Å². The van der Waals surface area contributed by atoms with Crippen LogP contribution in [0.1, 0.15) is 40.6 Å². The number of pyridine rings is 2. The van der Waals surface area contributed by atoms with E-state index in [1.54, 1.807) is 18.3 Å². The van der Waals surface area contributed by atoms with Crippen LogP contribution in [0.25, 0.3) is 0 Å². The van der Waals surface area contributed by atoms with Gasteiger partial charge in [-0.2, -0.15) is 0 Å². The Labute approximate surface area is 157 Å². The average Bonchev–Trinajstić information content (AvgIpc) is 3.17. The standard InChI is InChI=1S/C20H21N5O2/c26-20(27)15-6-7-18(23-12-15)24-10-3-4-16(13-24)19-22-9-11-25(19)14-17-5-1-2-8-21-17/h1-2,5-9,11-12,16H,3-4,10,13-14H2,(H,26,27). The summed E-state index contributed by atoms with van der Waals surface area (Å²) in [5.74, 6) is 1.22. The van der Waals surface area contributed by atoms with Crippen molar-refractivity contribution in [3.8, 4) is 0 Å². The minimum atomic E-state index is -0.956. The molecule has 138 valence electrons. The van der Waals surface area contributed by atoms with Gasteiger partial charge in [-0.1, -0.05) is 6.07 Å². The maximum Gasteiger partial charge on any atom is 0.337 e. The van der Waals surface area contributed by atoms with E-state index < -0.39 is 5.97 Å². The van der Waals surface area contributed by atoms with Crippen molar-refractivity contribution in [1.82, 2.24) is 19.5 Å². The van der Waals surface area contributed by atoms with E-state index in [4.69, 9.17) is 5.11 Å². The lowest BCUT2D eigenvalue weighted by atomic mass is 9.97. The number of imidazole rings is 1. The molecule has 4 heterocycles. The van der Waals surface area contributed by atoms with Crippen LogP contribution in [0.4, 0.5) is 5.82 Å². The van der Waals surface area contributed by atoms with Crippen molar-refractivity contribution in [3.63, 3.8) is 0 Å². The normalized spacial score (nSPS) is 17.0. The van der Waals surface area contributed by atoms with Gasteiger partial charge in [0.25, 0.3) is 0 Å². The topological polar surface area (TPSA) is 84.1 Å². The molecule has 27 heavy (non-hydrogen) atoms. The fourth-order valence-corrected chi connectivity index (χ4v) is 3.58. The monoisotopic (exact) mass is 363 g/mol. The molecule has 7 heteroatoms. The van der Waals surface area contributed by atoms with Gasteiger partial charge >= 0.3 is 5.97 Å². The highest BCUT2D eigenvalue weighted by atomic mass is 16.4. The molecule has 0 aliphatic carbocycles. The number of aromatic carboxylic acids is 1. The van der Waals surface area contributed by atoms with E-state index in [9.17, 15) is 4.79 Å². The minimum Gasteiger partial charge on any atom is -0.478 e. The van der Waals surface area contributed by atoms with Crippen LogP contribution >= 0.6 is 0 Å². The molecule has 3 aromatic rings. The predicted octanol–water partition coefficient (Wildman–Crippen LogP) is 2.80. The van der Waals surface area contributed by atoms with Crippen LogP contribution in [0.2, 0.25) is 0 Å².